The second-order valence-electron chi connectivity index (χ2n) is 4.41. The Morgan fingerprint density at radius 1 is 0.889 bits per heavy atom. The second kappa shape index (κ2) is 6.07. The van der Waals surface area contributed by atoms with Crippen molar-refractivity contribution < 1.29 is 0 Å². The lowest BCUT2D eigenvalue weighted by Crippen LogP contribution is -2.20. The number of hydrazine groups is 1. The van der Waals surface area contributed by atoms with Gasteiger partial charge in [-0.05, 0) is 29.8 Å². The molecule has 0 atom stereocenters. The zero-order chi connectivity index (χ0) is 12.8. The minimum Gasteiger partial charge on any atom is -0.378 e. The first-order chi connectivity index (χ1) is 8.75. The third-order valence-corrected chi connectivity index (χ3v) is 2.75. The van der Waals surface area contributed by atoms with E-state index in [0.717, 1.165) is 12.2 Å². The Morgan fingerprint density at radius 2 is 1.56 bits per heavy atom. The van der Waals surface area contributed by atoms with Gasteiger partial charge in [0.1, 0.15) is 0 Å². The molecule has 94 valence electrons. The topological polar surface area (TPSA) is 27.3 Å². The molecule has 2 aromatic rings. The molecule has 18 heavy (non-hydrogen) atoms. The van der Waals surface area contributed by atoms with Crippen molar-refractivity contribution in [2.24, 2.45) is 0 Å². The van der Waals surface area contributed by atoms with Crippen LogP contribution in [0.3, 0.4) is 0 Å². The van der Waals surface area contributed by atoms with Crippen molar-refractivity contribution in [2.45, 2.75) is 6.54 Å². The zero-order valence-electron chi connectivity index (χ0n) is 10.9. The van der Waals surface area contributed by atoms with Gasteiger partial charge < -0.3 is 10.3 Å². The summed E-state index contributed by atoms with van der Waals surface area (Å²) in [5.41, 5.74) is 9.92. The molecule has 0 aromatic heterocycles. The van der Waals surface area contributed by atoms with Crippen molar-refractivity contribution in [1.29, 1.82) is 0 Å². The van der Waals surface area contributed by atoms with Gasteiger partial charge in [-0.3, -0.25) is 0 Å². The molecule has 0 saturated carbocycles. The van der Waals surface area contributed by atoms with Gasteiger partial charge in [0.05, 0.1) is 0 Å². The summed E-state index contributed by atoms with van der Waals surface area (Å²) < 4.78 is 0. The SMILES string of the molecule is CN(C)c1ccc(CNNc2ccccc2)cc1. The van der Waals surface area contributed by atoms with E-state index in [-0.39, 0.29) is 0 Å². The molecule has 3 heteroatoms. The molecule has 0 amide bonds. The van der Waals surface area contributed by atoms with Crippen LogP contribution in [0.25, 0.3) is 0 Å². The number of nitrogens with zero attached hydrogens (tertiary/aromatic N) is 1. The fourth-order valence-electron chi connectivity index (χ4n) is 1.68. The maximum atomic E-state index is 3.20. The first kappa shape index (κ1) is 12.5. The number of nitrogens with one attached hydrogen (secondary N) is 2. The van der Waals surface area contributed by atoms with Crippen LogP contribution in [0.1, 0.15) is 5.56 Å². The molecule has 3 nitrogen and oxygen atoms in total. The van der Waals surface area contributed by atoms with Crippen molar-refractivity contribution in [3.8, 4) is 0 Å². The van der Waals surface area contributed by atoms with Crippen LogP contribution in [-0.4, -0.2) is 14.1 Å². The smallest absolute Gasteiger partial charge is 0.0487 e. The van der Waals surface area contributed by atoms with E-state index in [1.54, 1.807) is 0 Å². The third kappa shape index (κ3) is 3.50. The maximum Gasteiger partial charge on any atom is 0.0487 e. The second-order valence-corrected chi connectivity index (χ2v) is 4.41. The van der Waals surface area contributed by atoms with Crippen LogP contribution in [-0.2, 0) is 6.54 Å². The Bertz CT molecular complexity index is 463. The van der Waals surface area contributed by atoms with Gasteiger partial charge in [-0.2, -0.15) is 0 Å². The predicted molar refractivity (Wildman–Crippen MR) is 77.7 cm³/mol. The largest absolute Gasteiger partial charge is 0.378 e. The maximum absolute atomic E-state index is 3.20. The van der Waals surface area contributed by atoms with E-state index in [2.05, 4.69) is 40.0 Å². The minimum atomic E-state index is 0.794. The molecule has 0 aliphatic rings. The average molecular weight is 241 g/mol. The van der Waals surface area contributed by atoms with Crippen LogP contribution in [0.4, 0.5) is 11.4 Å². The van der Waals surface area contributed by atoms with Crippen LogP contribution >= 0.6 is 0 Å². The lowest BCUT2D eigenvalue weighted by atomic mass is 10.2. The molecular formula is C15H19N3. The van der Waals surface area contributed by atoms with Gasteiger partial charge >= 0.3 is 0 Å². The highest BCUT2D eigenvalue weighted by molar-refractivity contribution is 5.46. The van der Waals surface area contributed by atoms with Crippen LogP contribution in [0, 0.1) is 0 Å². The highest BCUT2D eigenvalue weighted by Gasteiger charge is 1.96. The molecule has 2 N–H and O–H groups in total. The van der Waals surface area contributed by atoms with E-state index in [1.165, 1.54) is 11.3 Å². The molecule has 0 heterocycles. The van der Waals surface area contributed by atoms with Gasteiger partial charge in [-0.25, -0.2) is 5.43 Å². The van der Waals surface area contributed by atoms with Gasteiger partial charge in [-0.15, -0.1) is 0 Å². The van der Waals surface area contributed by atoms with Crippen molar-refractivity contribution >= 4 is 11.4 Å². The molecule has 2 aromatic carbocycles. The van der Waals surface area contributed by atoms with Gasteiger partial charge in [0.25, 0.3) is 0 Å². The highest BCUT2D eigenvalue weighted by atomic mass is 15.3. The summed E-state index contributed by atoms with van der Waals surface area (Å²) in [5, 5.41) is 0. The number of anilines is 2. The Labute approximate surface area is 108 Å². The average Bonchev–Trinajstić information content (AvgIpc) is 2.40. The molecule has 0 bridgehead atoms. The van der Waals surface area contributed by atoms with Crippen LogP contribution < -0.4 is 15.8 Å². The van der Waals surface area contributed by atoms with E-state index in [1.807, 2.05) is 44.4 Å². The molecule has 0 aliphatic heterocycles. The Hall–Kier alpha value is -2.00. The lowest BCUT2D eigenvalue weighted by molar-refractivity contribution is 0.801. The summed E-state index contributed by atoms with van der Waals surface area (Å²) in [5.74, 6) is 0. The minimum absolute atomic E-state index is 0.794. The van der Waals surface area contributed by atoms with Gasteiger partial charge in [0.2, 0.25) is 0 Å². The van der Waals surface area contributed by atoms with Gasteiger partial charge in [-0.1, -0.05) is 30.3 Å². The monoisotopic (exact) mass is 241 g/mol. The molecule has 0 radical (unpaired) electrons. The molecule has 0 saturated heterocycles. The summed E-state index contributed by atoms with van der Waals surface area (Å²) in [7, 11) is 4.09. The van der Waals surface area contributed by atoms with E-state index >= 15 is 0 Å². The van der Waals surface area contributed by atoms with Crippen molar-refractivity contribution in [3.05, 3.63) is 60.2 Å². The van der Waals surface area contributed by atoms with E-state index in [0.29, 0.717) is 0 Å². The zero-order valence-corrected chi connectivity index (χ0v) is 10.9. The van der Waals surface area contributed by atoms with E-state index in [9.17, 15) is 0 Å². The number of rotatable bonds is 5. The summed E-state index contributed by atoms with van der Waals surface area (Å²) in [6.45, 7) is 0.794. The number of benzene rings is 2. The molecule has 0 fully saturated rings. The van der Waals surface area contributed by atoms with E-state index < -0.39 is 0 Å². The summed E-state index contributed by atoms with van der Waals surface area (Å²) in [4.78, 5) is 2.10. The van der Waals surface area contributed by atoms with Gasteiger partial charge in [0, 0.05) is 32.0 Å². The summed E-state index contributed by atoms with van der Waals surface area (Å²) in [6.07, 6.45) is 0. The number of para-hydroxylation sites is 1. The third-order valence-electron chi connectivity index (χ3n) is 2.75. The molecule has 0 unspecified atom stereocenters. The molecule has 2 rings (SSSR count). The molecule has 0 aliphatic carbocycles. The van der Waals surface area contributed by atoms with Crippen LogP contribution in [0.15, 0.2) is 54.6 Å². The fraction of sp³-hybridized carbons (Fsp3) is 0.200. The lowest BCUT2D eigenvalue weighted by Gasteiger charge is -2.13. The van der Waals surface area contributed by atoms with Gasteiger partial charge in [0.15, 0.2) is 0 Å². The van der Waals surface area contributed by atoms with Crippen molar-refractivity contribution in [2.75, 3.05) is 24.4 Å². The Morgan fingerprint density at radius 3 is 2.17 bits per heavy atom. The van der Waals surface area contributed by atoms with Crippen molar-refractivity contribution in [1.82, 2.24) is 5.43 Å². The standard InChI is InChI=1S/C15H19N3/c1-18(2)15-10-8-13(9-11-15)12-16-17-14-6-4-3-5-7-14/h3-11,16-17H,12H2,1-2H3. The molecule has 0 spiro atoms. The number of hydrogen-bond acceptors (Lipinski definition) is 3. The van der Waals surface area contributed by atoms with Crippen molar-refractivity contribution in [3.63, 3.8) is 0 Å². The highest BCUT2D eigenvalue weighted by Crippen LogP contribution is 2.12. The first-order valence-electron chi connectivity index (χ1n) is 6.06. The van der Waals surface area contributed by atoms with Crippen LogP contribution in [0.5, 0.6) is 0 Å². The molecular weight excluding hydrogens is 222 g/mol. The normalized spacial score (nSPS) is 10.1. The fourth-order valence-corrected chi connectivity index (χ4v) is 1.68. The Balaban J connectivity index is 1.83. The number of hydrogen-bond donors (Lipinski definition) is 2. The first-order valence-corrected chi connectivity index (χ1v) is 6.06. The quantitative estimate of drug-likeness (QED) is 0.788. The van der Waals surface area contributed by atoms with E-state index in [4.69, 9.17) is 0 Å². The van der Waals surface area contributed by atoms with Crippen LogP contribution in [0.2, 0.25) is 0 Å². The predicted octanol–water partition coefficient (Wildman–Crippen LogP) is 2.87. The summed E-state index contributed by atoms with van der Waals surface area (Å²) in [6, 6.07) is 18.6. The summed E-state index contributed by atoms with van der Waals surface area (Å²) >= 11 is 0. The Kier molecular flexibility index (Phi) is 4.20.